The fraction of sp³-hybridized carbons (Fsp3) is 0.133. The van der Waals surface area contributed by atoms with Crippen LogP contribution in [-0.4, -0.2) is 12.0 Å². The number of amides is 1. The summed E-state index contributed by atoms with van der Waals surface area (Å²) >= 11 is 8.92. The van der Waals surface area contributed by atoms with Gasteiger partial charge in [0.05, 0.1) is 5.69 Å². The number of ether oxygens (including phenoxy) is 1. The molecule has 1 atom stereocenters. The highest BCUT2D eigenvalue weighted by Gasteiger charge is 2.16. The Morgan fingerprint density at radius 1 is 1.29 bits per heavy atom. The first-order chi connectivity index (χ1) is 9.95. The van der Waals surface area contributed by atoms with Crippen LogP contribution in [0.2, 0.25) is 5.02 Å². The molecule has 0 saturated heterocycles. The Labute approximate surface area is 135 Å². The van der Waals surface area contributed by atoms with E-state index in [0.717, 1.165) is 0 Å². The van der Waals surface area contributed by atoms with Gasteiger partial charge in [0.2, 0.25) is 0 Å². The van der Waals surface area contributed by atoms with Crippen molar-refractivity contribution in [2.24, 2.45) is 0 Å². The third kappa shape index (κ3) is 4.44. The molecular formula is C15H12BrClFNO2. The minimum atomic E-state index is -0.769. The minimum absolute atomic E-state index is 0.106. The summed E-state index contributed by atoms with van der Waals surface area (Å²) in [7, 11) is 0. The second-order valence-corrected chi connectivity index (χ2v) is 5.68. The van der Waals surface area contributed by atoms with Crippen LogP contribution in [0.15, 0.2) is 46.9 Å². The van der Waals surface area contributed by atoms with Gasteiger partial charge in [0.15, 0.2) is 6.10 Å². The molecule has 0 aromatic heterocycles. The summed E-state index contributed by atoms with van der Waals surface area (Å²) in [5, 5.41) is 3.06. The zero-order valence-corrected chi connectivity index (χ0v) is 13.4. The van der Waals surface area contributed by atoms with Crippen molar-refractivity contribution in [2.75, 3.05) is 5.32 Å². The van der Waals surface area contributed by atoms with E-state index in [9.17, 15) is 9.18 Å². The lowest BCUT2D eigenvalue weighted by molar-refractivity contribution is -0.122. The monoisotopic (exact) mass is 371 g/mol. The standard InChI is InChI=1S/C15H12BrClFNO2/c1-9(21-12-5-3-11(17)4-6-12)15(20)19-14-7-2-10(16)8-13(14)18/h2-9H,1H3,(H,19,20)/t9-/m1/s1. The Bertz CT molecular complexity index is 649. The van der Waals surface area contributed by atoms with Crippen molar-refractivity contribution in [1.82, 2.24) is 0 Å². The summed E-state index contributed by atoms with van der Waals surface area (Å²) in [5.41, 5.74) is 0.106. The summed E-state index contributed by atoms with van der Waals surface area (Å²) in [6.45, 7) is 1.58. The molecule has 1 N–H and O–H groups in total. The fourth-order valence-electron chi connectivity index (χ4n) is 1.60. The molecule has 0 radical (unpaired) electrons. The van der Waals surface area contributed by atoms with Crippen molar-refractivity contribution in [2.45, 2.75) is 13.0 Å². The molecule has 110 valence electrons. The van der Waals surface area contributed by atoms with Crippen LogP contribution < -0.4 is 10.1 Å². The van der Waals surface area contributed by atoms with Gasteiger partial charge in [-0.3, -0.25) is 4.79 Å². The van der Waals surface area contributed by atoms with Gasteiger partial charge in [-0.15, -0.1) is 0 Å². The molecule has 3 nitrogen and oxygen atoms in total. The van der Waals surface area contributed by atoms with E-state index in [1.807, 2.05) is 0 Å². The highest BCUT2D eigenvalue weighted by atomic mass is 79.9. The van der Waals surface area contributed by atoms with Crippen molar-refractivity contribution in [3.63, 3.8) is 0 Å². The number of hydrogen-bond donors (Lipinski definition) is 1. The van der Waals surface area contributed by atoms with Crippen molar-refractivity contribution in [1.29, 1.82) is 0 Å². The van der Waals surface area contributed by atoms with E-state index < -0.39 is 17.8 Å². The maximum Gasteiger partial charge on any atom is 0.265 e. The molecule has 0 spiro atoms. The first-order valence-electron chi connectivity index (χ1n) is 6.14. The average molecular weight is 373 g/mol. The normalized spacial score (nSPS) is 11.8. The van der Waals surface area contributed by atoms with Crippen LogP contribution >= 0.6 is 27.5 Å². The van der Waals surface area contributed by atoms with E-state index in [2.05, 4.69) is 21.2 Å². The second kappa shape index (κ2) is 6.91. The summed E-state index contributed by atoms with van der Waals surface area (Å²) in [6, 6.07) is 11.0. The van der Waals surface area contributed by atoms with Gasteiger partial charge in [-0.2, -0.15) is 0 Å². The first kappa shape index (κ1) is 15.8. The van der Waals surface area contributed by atoms with Crippen LogP contribution in [0.5, 0.6) is 5.75 Å². The molecule has 0 aliphatic carbocycles. The van der Waals surface area contributed by atoms with Crippen LogP contribution in [0.1, 0.15) is 6.92 Å². The highest BCUT2D eigenvalue weighted by molar-refractivity contribution is 9.10. The lowest BCUT2D eigenvalue weighted by Crippen LogP contribution is -2.30. The quantitative estimate of drug-likeness (QED) is 0.848. The number of hydrogen-bond acceptors (Lipinski definition) is 2. The molecule has 2 rings (SSSR count). The molecule has 21 heavy (non-hydrogen) atoms. The zero-order valence-electron chi connectivity index (χ0n) is 11.1. The van der Waals surface area contributed by atoms with E-state index in [1.54, 1.807) is 37.3 Å². The number of carbonyl (C=O) groups is 1. The highest BCUT2D eigenvalue weighted by Crippen LogP contribution is 2.20. The van der Waals surface area contributed by atoms with Crippen LogP contribution in [-0.2, 0) is 4.79 Å². The Balaban J connectivity index is 2.00. The minimum Gasteiger partial charge on any atom is -0.481 e. The summed E-state index contributed by atoms with van der Waals surface area (Å²) in [4.78, 5) is 12.0. The molecule has 6 heteroatoms. The van der Waals surface area contributed by atoms with Crippen LogP contribution in [0.4, 0.5) is 10.1 Å². The molecule has 0 fully saturated rings. The molecule has 2 aromatic carbocycles. The third-order valence-electron chi connectivity index (χ3n) is 2.68. The van der Waals surface area contributed by atoms with Crippen LogP contribution in [0.3, 0.4) is 0 Å². The Morgan fingerprint density at radius 3 is 2.57 bits per heavy atom. The predicted molar refractivity (Wildman–Crippen MR) is 84.3 cm³/mol. The van der Waals surface area contributed by atoms with Gasteiger partial charge in [0.1, 0.15) is 11.6 Å². The SMILES string of the molecule is C[C@@H](Oc1ccc(Cl)cc1)C(=O)Nc1ccc(Br)cc1F. The Hall–Kier alpha value is -1.59. The van der Waals surface area contributed by atoms with E-state index in [-0.39, 0.29) is 5.69 Å². The van der Waals surface area contributed by atoms with Gasteiger partial charge in [-0.05, 0) is 49.4 Å². The number of anilines is 1. The molecule has 0 aliphatic rings. The Kier molecular flexibility index (Phi) is 5.20. The smallest absolute Gasteiger partial charge is 0.265 e. The molecule has 0 unspecified atom stereocenters. The lowest BCUT2D eigenvalue weighted by atomic mass is 10.3. The van der Waals surface area contributed by atoms with Gasteiger partial charge < -0.3 is 10.1 Å². The molecular weight excluding hydrogens is 361 g/mol. The summed E-state index contributed by atoms with van der Waals surface area (Å²) in [6.07, 6.45) is -0.769. The molecule has 0 heterocycles. The van der Waals surface area contributed by atoms with Crippen LogP contribution in [0.25, 0.3) is 0 Å². The zero-order chi connectivity index (χ0) is 15.4. The lowest BCUT2D eigenvalue weighted by Gasteiger charge is -2.15. The molecule has 1 amide bonds. The van der Waals surface area contributed by atoms with E-state index >= 15 is 0 Å². The molecule has 0 bridgehead atoms. The molecule has 0 saturated carbocycles. The Morgan fingerprint density at radius 2 is 1.95 bits per heavy atom. The first-order valence-corrected chi connectivity index (χ1v) is 7.31. The topological polar surface area (TPSA) is 38.3 Å². The largest absolute Gasteiger partial charge is 0.481 e. The van der Waals surface area contributed by atoms with E-state index in [4.69, 9.17) is 16.3 Å². The third-order valence-corrected chi connectivity index (χ3v) is 3.43. The van der Waals surface area contributed by atoms with Crippen LogP contribution in [0, 0.1) is 5.82 Å². The van der Waals surface area contributed by atoms with Crippen molar-refractivity contribution >= 4 is 39.1 Å². The summed E-state index contributed by atoms with van der Waals surface area (Å²) in [5.74, 6) is -0.444. The maximum atomic E-state index is 13.6. The van der Waals surface area contributed by atoms with Gasteiger partial charge >= 0.3 is 0 Å². The average Bonchev–Trinajstić information content (AvgIpc) is 2.44. The number of nitrogens with one attached hydrogen (secondary N) is 1. The number of carbonyl (C=O) groups excluding carboxylic acids is 1. The predicted octanol–water partition coefficient (Wildman–Crippen LogP) is 4.65. The molecule has 2 aromatic rings. The van der Waals surface area contributed by atoms with Crippen molar-refractivity contribution in [3.05, 3.63) is 57.8 Å². The van der Waals surface area contributed by atoms with Gasteiger partial charge in [-0.25, -0.2) is 4.39 Å². The van der Waals surface area contributed by atoms with E-state index in [1.165, 1.54) is 12.1 Å². The fourth-order valence-corrected chi connectivity index (χ4v) is 2.06. The maximum absolute atomic E-state index is 13.6. The number of halogens is 3. The number of benzene rings is 2. The van der Waals surface area contributed by atoms with Gasteiger partial charge in [-0.1, -0.05) is 27.5 Å². The summed E-state index contributed by atoms with van der Waals surface area (Å²) < 4.78 is 19.7. The van der Waals surface area contributed by atoms with Gasteiger partial charge in [0, 0.05) is 9.50 Å². The van der Waals surface area contributed by atoms with E-state index in [0.29, 0.717) is 15.2 Å². The van der Waals surface area contributed by atoms with Crippen molar-refractivity contribution in [3.8, 4) is 5.75 Å². The number of rotatable bonds is 4. The van der Waals surface area contributed by atoms with Gasteiger partial charge in [0.25, 0.3) is 5.91 Å². The second-order valence-electron chi connectivity index (χ2n) is 4.33. The molecule has 0 aliphatic heterocycles. The van der Waals surface area contributed by atoms with Crippen molar-refractivity contribution < 1.29 is 13.9 Å².